The lowest BCUT2D eigenvalue weighted by atomic mass is 10.1. The van der Waals surface area contributed by atoms with Gasteiger partial charge >= 0.3 is 0 Å². The minimum atomic E-state index is 0.293. The van der Waals surface area contributed by atoms with E-state index >= 15 is 0 Å². The van der Waals surface area contributed by atoms with Gasteiger partial charge in [0.05, 0.1) is 0 Å². The lowest BCUT2D eigenvalue weighted by molar-refractivity contribution is -0.123. The van der Waals surface area contributed by atoms with Crippen molar-refractivity contribution < 1.29 is 4.79 Å². The van der Waals surface area contributed by atoms with E-state index in [2.05, 4.69) is 21.2 Å². The predicted molar refractivity (Wildman–Crippen MR) is 55.7 cm³/mol. The number of fused-ring (bicyclic) bond motifs is 1. The van der Waals surface area contributed by atoms with E-state index in [1.807, 2.05) is 6.92 Å². The average Bonchev–Trinajstić information content (AvgIpc) is 2.56. The minimum Gasteiger partial charge on any atom is -0.355 e. The Hall–Kier alpha value is -0.0500. The van der Waals surface area contributed by atoms with E-state index in [1.54, 1.807) is 0 Å². The van der Waals surface area contributed by atoms with Crippen molar-refractivity contribution in [2.45, 2.75) is 31.0 Å². The highest BCUT2D eigenvalue weighted by molar-refractivity contribution is 9.09. The summed E-state index contributed by atoms with van der Waals surface area (Å²) in [6, 6.07) is 0. The number of amides is 1. The topological polar surface area (TPSA) is 29.1 Å². The zero-order chi connectivity index (χ0) is 9.42. The van der Waals surface area contributed by atoms with Crippen LogP contribution in [0.2, 0.25) is 0 Å². The largest absolute Gasteiger partial charge is 0.355 e. The van der Waals surface area contributed by atoms with E-state index in [9.17, 15) is 4.79 Å². The van der Waals surface area contributed by atoms with Gasteiger partial charge in [-0.3, -0.25) is 4.79 Å². The van der Waals surface area contributed by atoms with E-state index in [4.69, 9.17) is 0 Å². The Kier molecular flexibility index (Phi) is 2.63. The Morgan fingerprint density at radius 2 is 2.15 bits per heavy atom. The van der Waals surface area contributed by atoms with E-state index in [1.165, 1.54) is 19.3 Å². The standard InChI is InChI=1S/C10H16BrNO/c1-6(11)5-12-10(13)9-7-3-2-4-8(7)9/h6-9H,2-5H2,1H3,(H,12,13). The third-order valence-corrected chi connectivity index (χ3v) is 3.59. The number of hydrogen-bond acceptors (Lipinski definition) is 1. The molecule has 3 atom stereocenters. The van der Waals surface area contributed by atoms with Crippen LogP contribution in [0.25, 0.3) is 0 Å². The summed E-state index contributed by atoms with van der Waals surface area (Å²) >= 11 is 3.42. The first-order valence-corrected chi connectivity index (χ1v) is 6.03. The molecule has 0 bridgehead atoms. The van der Waals surface area contributed by atoms with Gasteiger partial charge in [0.2, 0.25) is 5.91 Å². The van der Waals surface area contributed by atoms with Gasteiger partial charge in [-0.05, 0) is 24.7 Å². The molecule has 2 aliphatic rings. The fourth-order valence-corrected chi connectivity index (χ4v) is 2.73. The molecule has 0 aromatic carbocycles. The summed E-state index contributed by atoms with van der Waals surface area (Å²) in [5.74, 6) is 2.15. The molecule has 0 aromatic heterocycles. The van der Waals surface area contributed by atoms with Crippen LogP contribution in [-0.2, 0) is 4.79 Å². The number of carbonyl (C=O) groups is 1. The molecule has 1 amide bonds. The lowest BCUT2D eigenvalue weighted by Gasteiger charge is -2.07. The Morgan fingerprint density at radius 1 is 1.54 bits per heavy atom. The molecule has 2 aliphatic carbocycles. The second-order valence-electron chi connectivity index (χ2n) is 4.31. The summed E-state index contributed by atoms with van der Waals surface area (Å²) in [6.45, 7) is 2.81. The molecule has 3 unspecified atom stereocenters. The van der Waals surface area contributed by atoms with Gasteiger partial charge in [0.25, 0.3) is 0 Å². The van der Waals surface area contributed by atoms with Gasteiger partial charge in [-0.2, -0.15) is 0 Å². The molecule has 2 nitrogen and oxygen atoms in total. The van der Waals surface area contributed by atoms with Crippen LogP contribution in [0.1, 0.15) is 26.2 Å². The molecule has 0 heterocycles. The monoisotopic (exact) mass is 245 g/mol. The number of rotatable bonds is 3. The van der Waals surface area contributed by atoms with E-state index in [-0.39, 0.29) is 0 Å². The van der Waals surface area contributed by atoms with Crippen LogP contribution in [0.4, 0.5) is 0 Å². The van der Waals surface area contributed by atoms with Crippen LogP contribution in [0, 0.1) is 17.8 Å². The van der Waals surface area contributed by atoms with Crippen molar-refractivity contribution in [1.82, 2.24) is 5.32 Å². The van der Waals surface area contributed by atoms with Gasteiger partial charge in [0.15, 0.2) is 0 Å². The number of halogens is 1. The number of carbonyl (C=O) groups excluding carboxylic acids is 1. The number of alkyl halides is 1. The molecule has 3 heteroatoms. The fraction of sp³-hybridized carbons (Fsp3) is 0.900. The third kappa shape index (κ3) is 1.90. The van der Waals surface area contributed by atoms with Gasteiger partial charge in [0, 0.05) is 17.3 Å². The van der Waals surface area contributed by atoms with E-state index in [0.717, 1.165) is 18.4 Å². The lowest BCUT2D eigenvalue weighted by Crippen LogP contribution is -2.30. The molecule has 2 fully saturated rings. The zero-order valence-electron chi connectivity index (χ0n) is 7.92. The second kappa shape index (κ2) is 3.60. The predicted octanol–water partition coefficient (Wildman–Crippen LogP) is 1.93. The van der Waals surface area contributed by atoms with Crippen LogP contribution in [0.5, 0.6) is 0 Å². The molecular weight excluding hydrogens is 230 g/mol. The van der Waals surface area contributed by atoms with Crippen molar-refractivity contribution >= 4 is 21.8 Å². The maximum Gasteiger partial charge on any atom is 0.223 e. The summed E-state index contributed by atoms with van der Waals surface area (Å²) in [5.41, 5.74) is 0. The first-order chi connectivity index (χ1) is 6.20. The SMILES string of the molecule is CC(Br)CNC(=O)C1C2CCCC21. The Balaban J connectivity index is 1.74. The Morgan fingerprint density at radius 3 is 2.69 bits per heavy atom. The maximum absolute atomic E-state index is 11.6. The molecule has 0 radical (unpaired) electrons. The molecule has 0 aromatic rings. The van der Waals surface area contributed by atoms with Gasteiger partial charge in [0.1, 0.15) is 0 Å². The molecule has 0 saturated heterocycles. The molecule has 2 saturated carbocycles. The van der Waals surface area contributed by atoms with Gasteiger partial charge in [-0.15, -0.1) is 0 Å². The smallest absolute Gasteiger partial charge is 0.223 e. The highest BCUT2D eigenvalue weighted by Gasteiger charge is 2.56. The molecule has 13 heavy (non-hydrogen) atoms. The second-order valence-corrected chi connectivity index (χ2v) is 5.87. The van der Waals surface area contributed by atoms with E-state index in [0.29, 0.717) is 16.7 Å². The first kappa shape index (κ1) is 9.50. The summed E-state index contributed by atoms with van der Waals surface area (Å²) in [4.78, 5) is 12.0. The van der Waals surface area contributed by atoms with Gasteiger partial charge in [-0.1, -0.05) is 29.3 Å². The molecule has 0 spiro atoms. The third-order valence-electron chi connectivity index (χ3n) is 3.27. The maximum atomic E-state index is 11.6. The Bertz CT molecular complexity index is 207. The van der Waals surface area contributed by atoms with Gasteiger partial charge in [-0.25, -0.2) is 0 Å². The molecule has 2 rings (SSSR count). The van der Waals surface area contributed by atoms with Crippen molar-refractivity contribution in [2.75, 3.05) is 6.54 Å². The number of nitrogens with one attached hydrogen (secondary N) is 1. The Labute approximate surface area is 87.6 Å². The molecule has 74 valence electrons. The molecule has 0 aliphatic heterocycles. The van der Waals surface area contributed by atoms with Crippen molar-refractivity contribution in [1.29, 1.82) is 0 Å². The highest BCUT2D eigenvalue weighted by atomic mass is 79.9. The normalized spacial score (nSPS) is 38.2. The van der Waals surface area contributed by atoms with Crippen LogP contribution < -0.4 is 5.32 Å². The van der Waals surface area contributed by atoms with Crippen molar-refractivity contribution in [3.05, 3.63) is 0 Å². The van der Waals surface area contributed by atoms with Crippen LogP contribution >= 0.6 is 15.9 Å². The van der Waals surface area contributed by atoms with Gasteiger partial charge < -0.3 is 5.32 Å². The number of hydrogen-bond donors (Lipinski definition) is 1. The van der Waals surface area contributed by atoms with Crippen LogP contribution in [0.15, 0.2) is 0 Å². The fourth-order valence-electron chi connectivity index (χ4n) is 2.57. The molecular formula is C10H16BrNO. The van der Waals surface area contributed by atoms with Crippen LogP contribution in [0.3, 0.4) is 0 Å². The first-order valence-electron chi connectivity index (χ1n) is 5.12. The average molecular weight is 246 g/mol. The molecule has 1 N–H and O–H groups in total. The van der Waals surface area contributed by atoms with E-state index < -0.39 is 0 Å². The van der Waals surface area contributed by atoms with Crippen molar-refractivity contribution in [3.8, 4) is 0 Å². The quantitative estimate of drug-likeness (QED) is 0.757. The summed E-state index contributed by atoms with van der Waals surface area (Å²) in [5, 5.41) is 2.99. The summed E-state index contributed by atoms with van der Waals surface area (Å²) in [7, 11) is 0. The van der Waals surface area contributed by atoms with Crippen LogP contribution in [-0.4, -0.2) is 17.3 Å². The summed E-state index contributed by atoms with van der Waals surface area (Å²) < 4.78 is 0. The zero-order valence-corrected chi connectivity index (χ0v) is 9.51. The highest BCUT2D eigenvalue weighted by Crippen LogP contribution is 2.57. The van der Waals surface area contributed by atoms with Crippen molar-refractivity contribution in [3.63, 3.8) is 0 Å². The minimum absolute atomic E-state index is 0.293. The summed E-state index contributed by atoms with van der Waals surface area (Å²) in [6.07, 6.45) is 3.91. The van der Waals surface area contributed by atoms with Crippen molar-refractivity contribution in [2.24, 2.45) is 17.8 Å².